The van der Waals surface area contributed by atoms with Crippen LogP contribution in [0.5, 0.6) is 0 Å². The fourth-order valence-electron chi connectivity index (χ4n) is 2.08. The zero-order chi connectivity index (χ0) is 16.8. The van der Waals surface area contributed by atoms with E-state index in [1.165, 1.54) is 11.3 Å². The largest absolute Gasteiger partial charge is 0.480 e. The summed E-state index contributed by atoms with van der Waals surface area (Å²) in [7, 11) is 0. The Kier molecular flexibility index (Phi) is 6.17. The molecule has 1 aromatic rings. The SMILES string of the molecule is CC(C)C(NC(=O)OCc1csc(N2CCOCC2)n1)C(=O)O. The number of amides is 1. The second-order valence-electron chi connectivity index (χ2n) is 5.50. The molecule has 1 unspecified atom stereocenters. The molecule has 2 N–H and O–H groups in total. The van der Waals surface area contributed by atoms with Gasteiger partial charge in [-0.05, 0) is 5.92 Å². The third-order valence-corrected chi connectivity index (χ3v) is 4.33. The van der Waals surface area contributed by atoms with E-state index in [2.05, 4.69) is 15.2 Å². The van der Waals surface area contributed by atoms with Gasteiger partial charge in [-0.1, -0.05) is 13.8 Å². The van der Waals surface area contributed by atoms with Gasteiger partial charge in [0.15, 0.2) is 5.13 Å². The summed E-state index contributed by atoms with van der Waals surface area (Å²) in [6, 6.07) is -0.971. The van der Waals surface area contributed by atoms with Crippen molar-refractivity contribution in [2.24, 2.45) is 5.92 Å². The number of thiazole rings is 1. The lowest BCUT2D eigenvalue weighted by Crippen LogP contribution is -2.44. The summed E-state index contributed by atoms with van der Waals surface area (Å²) in [6.07, 6.45) is -0.757. The molecule has 23 heavy (non-hydrogen) atoms. The maximum atomic E-state index is 11.7. The van der Waals surface area contributed by atoms with Crippen LogP contribution in [0.3, 0.4) is 0 Å². The second kappa shape index (κ2) is 8.11. The number of carbonyl (C=O) groups is 2. The molecule has 2 heterocycles. The van der Waals surface area contributed by atoms with Gasteiger partial charge < -0.3 is 24.8 Å². The number of ether oxygens (including phenoxy) is 2. The lowest BCUT2D eigenvalue weighted by molar-refractivity contribution is -0.140. The van der Waals surface area contributed by atoms with Crippen LogP contribution >= 0.6 is 11.3 Å². The Balaban J connectivity index is 1.82. The molecule has 0 radical (unpaired) electrons. The van der Waals surface area contributed by atoms with Crippen LogP contribution in [0.2, 0.25) is 0 Å². The molecule has 1 saturated heterocycles. The maximum Gasteiger partial charge on any atom is 0.408 e. The number of aliphatic carboxylic acids is 1. The highest BCUT2D eigenvalue weighted by atomic mass is 32.1. The van der Waals surface area contributed by atoms with Crippen molar-refractivity contribution in [3.63, 3.8) is 0 Å². The van der Waals surface area contributed by atoms with Crippen LogP contribution in [0, 0.1) is 5.92 Å². The van der Waals surface area contributed by atoms with Gasteiger partial charge >= 0.3 is 12.1 Å². The fraction of sp³-hybridized carbons (Fsp3) is 0.643. The summed E-state index contributed by atoms with van der Waals surface area (Å²) in [5, 5.41) is 14.1. The Morgan fingerprint density at radius 3 is 2.78 bits per heavy atom. The van der Waals surface area contributed by atoms with E-state index < -0.39 is 18.1 Å². The van der Waals surface area contributed by atoms with E-state index in [4.69, 9.17) is 14.6 Å². The Bertz CT molecular complexity index is 542. The van der Waals surface area contributed by atoms with Crippen LogP contribution < -0.4 is 10.2 Å². The molecule has 1 atom stereocenters. The van der Waals surface area contributed by atoms with Gasteiger partial charge in [-0.15, -0.1) is 11.3 Å². The molecule has 0 saturated carbocycles. The van der Waals surface area contributed by atoms with Gasteiger partial charge in [0.05, 0.1) is 18.9 Å². The molecular weight excluding hydrogens is 322 g/mol. The van der Waals surface area contributed by atoms with Crippen LogP contribution in [0.15, 0.2) is 5.38 Å². The Hall–Kier alpha value is -1.87. The summed E-state index contributed by atoms with van der Waals surface area (Å²) in [5.41, 5.74) is 0.642. The highest BCUT2D eigenvalue weighted by Gasteiger charge is 2.24. The normalized spacial score (nSPS) is 16.2. The van der Waals surface area contributed by atoms with E-state index >= 15 is 0 Å². The van der Waals surface area contributed by atoms with E-state index in [1.807, 2.05) is 5.38 Å². The molecule has 1 fully saturated rings. The number of carboxylic acid groups (broad SMARTS) is 1. The lowest BCUT2D eigenvalue weighted by atomic mass is 10.1. The van der Waals surface area contributed by atoms with Gasteiger partial charge in [-0.3, -0.25) is 0 Å². The van der Waals surface area contributed by atoms with Crippen molar-refractivity contribution < 1.29 is 24.2 Å². The first-order valence-electron chi connectivity index (χ1n) is 7.40. The minimum Gasteiger partial charge on any atom is -0.480 e. The highest BCUT2D eigenvalue weighted by Crippen LogP contribution is 2.21. The number of morpholine rings is 1. The molecule has 1 aromatic heterocycles. The predicted molar refractivity (Wildman–Crippen MR) is 84.7 cm³/mol. The van der Waals surface area contributed by atoms with Crippen molar-refractivity contribution in [3.8, 4) is 0 Å². The average molecular weight is 343 g/mol. The molecule has 0 bridgehead atoms. The van der Waals surface area contributed by atoms with E-state index in [1.54, 1.807) is 13.8 Å². The zero-order valence-electron chi connectivity index (χ0n) is 13.2. The Morgan fingerprint density at radius 1 is 1.48 bits per heavy atom. The third kappa shape index (κ3) is 5.07. The van der Waals surface area contributed by atoms with Gasteiger partial charge in [0.1, 0.15) is 12.6 Å². The number of hydrogen-bond donors (Lipinski definition) is 2. The molecule has 8 nitrogen and oxygen atoms in total. The topological polar surface area (TPSA) is 101 Å². The molecule has 1 amide bonds. The summed E-state index contributed by atoms with van der Waals surface area (Å²) >= 11 is 1.48. The van der Waals surface area contributed by atoms with Crippen LogP contribution in [0.25, 0.3) is 0 Å². The van der Waals surface area contributed by atoms with Crippen LogP contribution in [0.1, 0.15) is 19.5 Å². The van der Waals surface area contributed by atoms with E-state index in [9.17, 15) is 9.59 Å². The van der Waals surface area contributed by atoms with Crippen molar-refractivity contribution in [1.29, 1.82) is 0 Å². The molecular formula is C14H21N3O5S. The van der Waals surface area contributed by atoms with Crippen LogP contribution in [-0.4, -0.2) is 54.5 Å². The summed E-state index contributed by atoms with van der Waals surface area (Å²) in [5.74, 6) is -1.31. The van der Waals surface area contributed by atoms with Gasteiger partial charge in [-0.25, -0.2) is 14.6 Å². The maximum absolute atomic E-state index is 11.7. The molecule has 1 aliphatic heterocycles. The minimum absolute atomic E-state index is 0.0110. The first kappa shape index (κ1) is 17.5. The van der Waals surface area contributed by atoms with E-state index in [0.29, 0.717) is 18.9 Å². The number of hydrogen-bond acceptors (Lipinski definition) is 7. The molecule has 128 valence electrons. The minimum atomic E-state index is -1.08. The number of aromatic nitrogens is 1. The van der Waals surface area contributed by atoms with E-state index in [-0.39, 0.29) is 12.5 Å². The smallest absolute Gasteiger partial charge is 0.408 e. The van der Waals surface area contributed by atoms with Gasteiger partial charge in [-0.2, -0.15) is 0 Å². The number of rotatable bonds is 6. The number of carboxylic acids is 1. The Labute approximate surface area is 138 Å². The van der Waals surface area contributed by atoms with Gasteiger partial charge in [0.25, 0.3) is 0 Å². The van der Waals surface area contributed by atoms with Crippen molar-refractivity contribution in [3.05, 3.63) is 11.1 Å². The number of nitrogens with one attached hydrogen (secondary N) is 1. The quantitative estimate of drug-likeness (QED) is 0.803. The molecule has 2 rings (SSSR count). The first-order chi connectivity index (χ1) is 11.0. The molecule has 0 spiro atoms. The van der Waals surface area contributed by atoms with Crippen LogP contribution in [0.4, 0.5) is 9.93 Å². The fourth-order valence-corrected chi connectivity index (χ4v) is 2.95. The molecule has 1 aliphatic rings. The monoisotopic (exact) mass is 343 g/mol. The number of nitrogens with zero attached hydrogens (tertiary/aromatic N) is 2. The number of carbonyl (C=O) groups excluding carboxylic acids is 1. The van der Waals surface area contributed by atoms with Crippen molar-refractivity contribution in [2.75, 3.05) is 31.2 Å². The Morgan fingerprint density at radius 2 is 2.17 bits per heavy atom. The molecule has 9 heteroatoms. The van der Waals surface area contributed by atoms with Gasteiger partial charge in [0.2, 0.25) is 0 Å². The lowest BCUT2D eigenvalue weighted by Gasteiger charge is -2.26. The van der Waals surface area contributed by atoms with E-state index in [0.717, 1.165) is 18.2 Å². The molecule has 0 aliphatic carbocycles. The van der Waals surface area contributed by atoms with Crippen molar-refractivity contribution >= 4 is 28.5 Å². The average Bonchev–Trinajstić information content (AvgIpc) is 3.00. The summed E-state index contributed by atoms with van der Waals surface area (Å²) in [4.78, 5) is 29.3. The van der Waals surface area contributed by atoms with Gasteiger partial charge in [0, 0.05) is 18.5 Å². The summed E-state index contributed by atoms with van der Waals surface area (Å²) < 4.78 is 10.3. The predicted octanol–water partition coefficient (Wildman–Crippen LogP) is 1.32. The highest BCUT2D eigenvalue weighted by molar-refractivity contribution is 7.13. The number of alkyl carbamates (subject to hydrolysis) is 1. The third-order valence-electron chi connectivity index (χ3n) is 3.38. The summed E-state index contributed by atoms with van der Waals surface area (Å²) in [6.45, 7) is 6.39. The first-order valence-corrected chi connectivity index (χ1v) is 8.28. The standard InChI is InChI=1S/C14H21N3O5S/c1-9(2)11(12(18)19)16-14(20)22-7-10-8-23-13(15-10)17-3-5-21-6-4-17/h8-9,11H,3-7H2,1-2H3,(H,16,20)(H,18,19). The van der Waals surface area contributed by atoms with Crippen molar-refractivity contribution in [1.82, 2.24) is 10.3 Å². The molecule has 0 aromatic carbocycles. The van der Waals surface area contributed by atoms with Crippen molar-refractivity contribution in [2.45, 2.75) is 26.5 Å². The van der Waals surface area contributed by atoms with Crippen LogP contribution in [-0.2, 0) is 20.9 Å². The zero-order valence-corrected chi connectivity index (χ0v) is 14.0. The second-order valence-corrected chi connectivity index (χ2v) is 6.34. The number of anilines is 1.